The van der Waals surface area contributed by atoms with Crippen molar-refractivity contribution in [2.75, 3.05) is 11.1 Å². The first-order valence-electron chi connectivity index (χ1n) is 6.11. The summed E-state index contributed by atoms with van der Waals surface area (Å²) >= 11 is 0. The zero-order valence-corrected chi connectivity index (χ0v) is 11.2. The normalized spacial score (nSPS) is 10.7. The van der Waals surface area contributed by atoms with E-state index >= 15 is 0 Å². The molecule has 0 atom stereocenters. The Morgan fingerprint density at radius 1 is 1.15 bits per heavy atom. The summed E-state index contributed by atoms with van der Waals surface area (Å²) in [6.45, 7) is 3.66. The van der Waals surface area contributed by atoms with Gasteiger partial charge in [0.25, 0.3) is 0 Å². The van der Waals surface area contributed by atoms with Crippen LogP contribution in [0.4, 0.5) is 26.0 Å². The van der Waals surface area contributed by atoms with E-state index in [0.29, 0.717) is 5.69 Å². The fourth-order valence-corrected chi connectivity index (χ4v) is 1.58. The molecule has 1 heterocycles. The van der Waals surface area contributed by atoms with E-state index in [2.05, 4.69) is 10.3 Å². The molecule has 0 saturated carbocycles. The fraction of sp³-hybridized carbons (Fsp3) is 0.214. The highest BCUT2D eigenvalue weighted by Gasteiger charge is 2.11. The maximum Gasteiger partial charge on any atom is 0.239 e. The number of anilines is 3. The minimum absolute atomic E-state index is 0.106. The van der Waals surface area contributed by atoms with Gasteiger partial charge in [-0.15, -0.1) is 0 Å². The number of hydrogen-bond acceptors (Lipinski definition) is 4. The second-order valence-electron chi connectivity index (χ2n) is 4.48. The van der Waals surface area contributed by atoms with Gasteiger partial charge in [0.1, 0.15) is 23.1 Å². The first-order chi connectivity index (χ1) is 9.47. The Kier molecular flexibility index (Phi) is 4.02. The maximum atomic E-state index is 13.5. The summed E-state index contributed by atoms with van der Waals surface area (Å²) in [5.41, 5.74) is 5.82. The lowest BCUT2D eigenvalue weighted by molar-refractivity contribution is 0.234. The monoisotopic (exact) mass is 279 g/mol. The van der Waals surface area contributed by atoms with Gasteiger partial charge in [-0.1, -0.05) is 6.07 Å². The third-order valence-electron chi connectivity index (χ3n) is 2.45. The van der Waals surface area contributed by atoms with Gasteiger partial charge in [0, 0.05) is 0 Å². The van der Waals surface area contributed by atoms with E-state index in [4.69, 9.17) is 10.5 Å². The molecule has 0 aliphatic carbocycles. The summed E-state index contributed by atoms with van der Waals surface area (Å²) in [5, 5.41) is 2.58. The van der Waals surface area contributed by atoms with E-state index in [1.165, 1.54) is 12.1 Å². The highest BCUT2D eigenvalue weighted by atomic mass is 19.1. The molecular weight excluding hydrogens is 264 g/mol. The number of nitrogens with two attached hydrogens (primary N) is 1. The van der Waals surface area contributed by atoms with Crippen molar-refractivity contribution in [2.45, 2.75) is 20.0 Å². The standard InChI is InChI=1S/C14H15F2N3O/c1-8(2)20-14-11(17)6-7-12(19-14)18-13-9(15)4-3-5-10(13)16/h3-8H,17H2,1-2H3,(H,18,19). The predicted octanol–water partition coefficient (Wildman–Crippen LogP) is 3.47. The van der Waals surface area contributed by atoms with Crippen molar-refractivity contribution >= 4 is 17.2 Å². The van der Waals surface area contributed by atoms with Crippen molar-refractivity contribution in [1.82, 2.24) is 4.98 Å². The van der Waals surface area contributed by atoms with E-state index in [1.807, 2.05) is 13.8 Å². The van der Waals surface area contributed by atoms with Crippen LogP contribution in [-0.4, -0.2) is 11.1 Å². The molecule has 0 unspecified atom stereocenters. The summed E-state index contributed by atoms with van der Waals surface area (Å²) in [6.07, 6.45) is -0.106. The van der Waals surface area contributed by atoms with Gasteiger partial charge < -0.3 is 15.8 Å². The number of halogens is 2. The number of hydrogen-bond donors (Lipinski definition) is 2. The fourth-order valence-electron chi connectivity index (χ4n) is 1.58. The number of nitrogens with zero attached hydrogens (tertiary/aromatic N) is 1. The summed E-state index contributed by atoms with van der Waals surface area (Å²) in [5.74, 6) is -0.925. The van der Waals surface area contributed by atoms with E-state index in [1.54, 1.807) is 6.07 Å². The lowest BCUT2D eigenvalue weighted by Gasteiger charge is -2.13. The van der Waals surface area contributed by atoms with Crippen molar-refractivity contribution in [1.29, 1.82) is 0 Å². The molecular formula is C14H15F2N3O. The molecule has 0 saturated heterocycles. The minimum atomic E-state index is -0.699. The van der Waals surface area contributed by atoms with Crippen LogP contribution in [0.15, 0.2) is 30.3 Å². The number of nitrogens with one attached hydrogen (secondary N) is 1. The molecule has 0 fully saturated rings. The molecule has 6 heteroatoms. The second-order valence-corrected chi connectivity index (χ2v) is 4.48. The number of benzene rings is 1. The van der Waals surface area contributed by atoms with Crippen LogP contribution < -0.4 is 15.8 Å². The molecule has 20 heavy (non-hydrogen) atoms. The largest absolute Gasteiger partial charge is 0.473 e. The average Bonchev–Trinajstić information content (AvgIpc) is 2.37. The summed E-state index contributed by atoms with van der Waals surface area (Å²) in [6, 6.07) is 6.70. The Morgan fingerprint density at radius 2 is 1.80 bits per heavy atom. The number of ether oxygens (including phenoxy) is 1. The maximum absolute atomic E-state index is 13.5. The Hall–Kier alpha value is -2.37. The van der Waals surface area contributed by atoms with Crippen LogP contribution in [-0.2, 0) is 0 Å². The van der Waals surface area contributed by atoms with Crippen molar-refractivity contribution in [3.8, 4) is 5.88 Å². The van der Waals surface area contributed by atoms with E-state index in [-0.39, 0.29) is 23.5 Å². The van der Waals surface area contributed by atoms with Crippen LogP contribution in [0, 0.1) is 11.6 Å². The van der Waals surface area contributed by atoms with Crippen LogP contribution in [0.1, 0.15) is 13.8 Å². The smallest absolute Gasteiger partial charge is 0.239 e. The molecule has 4 nitrogen and oxygen atoms in total. The van der Waals surface area contributed by atoms with Crippen molar-refractivity contribution in [3.05, 3.63) is 42.0 Å². The molecule has 0 radical (unpaired) electrons. The number of pyridine rings is 1. The van der Waals surface area contributed by atoms with Crippen molar-refractivity contribution < 1.29 is 13.5 Å². The Balaban J connectivity index is 2.30. The molecule has 0 bridgehead atoms. The minimum Gasteiger partial charge on any atom is -0.473 e. The van der Waals surface area contributed by atoms with E-state index < -0.39 is 11.6 Å². The predicted molar refractivity (Wildman–Crippen MR) is 74.1 cm³/mol. The van der Waals surface area contributed by atoms with Gasteiger partial charge in [0.05, 0.1) is 11.8 Å². The zero-order valence-electron chi connectivity index (χ0n) is 11.2. The number of rotatable bonds is 4. The van der Waals surface area contributed by atoms with Gasteiger partial charge in [-0.2, -0.15) is 4.98 Å². The molecule has 0 aliphatic heterocycles. The van der Waals surface area contributed by atoms with Gasteiger partial charge in [-0.25, -0.2) is 8.78 Å². The van der Waals surface area contributed by atoms with Crippen LogP contribution in [0.25, 0.3) is 0 Å². The zero-order chi connectivity index (χ0) is 14.7. The summed E-state index contributed by atoms with van der Waals surface area (Å²) in [4.78, 5) is 4.10. The highest BCUT2D eigenvalue weighted by Crippen LogP contribution is 2.26. The van der Waals surface area contributed by atoms with Crippen LogP contribution in [0.3, 0.4) is 0 Å². The molecule has 2 rings (SSSR count). The van der Waals surface area contributed by atoms with Gasteiger partial charge in [-0.05, 0) is 38.1 Å². The number of aromatic nitrogens is 1. The van der Waals surface area contributed by atoms with Crippen molar-refractivity contribution in [2.24, 2.45) is 0 Å². The third kappa shape index (κ3) is 3.14. The molecule has 2 aromatic rings. The molecule has 1 aromatic heterocycles. The molecule has 106 valence electrons. The first-order valence-corrected chi connectivity index (χ1v) is 6.11. The molecule has 0 aliphatic rings. The quantitative estimate of drug-likeness (QED) is 0.899. The van der Waals surface area contributed by atoms with Gasteiger partial charge >= 0.3 is 0 Å². The van der Waals surface area contributed by atoms with Crippen LogP contribution in [0.2, 0.25) is 0 Å². The Morgan fingerprint density at radius 3 is 2.40 bits per heavy atom. The van der Waals surface area contributed by atoms with Gasteiger partial charge in [0.15, 0.2) is 0 Å². The molecule has 3 N–H and O–H groups in total. The lowest BCUT2D eigenvalue weighted by atomic mass is 10.3. The summed E-state index contributed by atoms with van der Waals surface area (Å²) in [7, 11) is 0. The number of para-hydroxylation sites is 1. The number of nitrogen functional groups attached to an aromatic ring is 1. The molecule has 0 amide bonds. The van der Waals surface area contributed by atoms with Gasteiger partial charge in [0.2, 0.25) is 5.88 Å². The van der Waals surface area contributed by atoms with Gasteiger partial charge in [-0.3, -0.25) is 0 Å². The average molecular weight is 279 g/mol. The van der Waals surface area contributed by atoms with Crippen LogP contribution >= 0.6 is 0 Å². The van der Waals surface area contributed by atoms with Crippen molar-refractivity contribution in [3.63, 3.8) is 0 Å². The molecule has 0 spiro atoms. The first kappa shape index (κ1) is 14.0. The summed E-state index contributed by atoms with van der Waals surface area (Å²) < 4.78 is 32.5. The van der Waals surface area contributed by atoms with E-state index in [0.717, 1.165) is 12.1 Å². The lowest BCUT2D eigenvalue weighted by Crippen LogP contribution is -2.10. The Labute approximate surface area is 115 Å². The third-order valence-corrected chi connectivity index (χ3v) is 2.45. The topological polar surface area (TPSA) is 60.2 Å². The Bertz CT molecular complexity index is 597. The van der Waals surface area contributed by atoms with E-state index in [9.17, 15) is 8.78 Å². The van der Waals surface area contributed by atoms with Crippen LogP contribution in [0.5, 0.6) is 5.88 Å². The molecule has 1 aromatic carbocycles. The SMILES string of the molecule is CC(C)Oc1nc(Nc2c(F)cccc2F)ccc1N. The highest BCUT2D eigenvalue weighted by molar-refractivity contribution is 5.61. The second kappa shape index (κ2) is 5.73.